The van der Waals surface area contributed by atoms with Crippen molar-refractivity contribution in [3.63, 3.8) is 0 Å². The van der Waals surface area contributed by atoms with Crippen molar-refractivity contribution in [3.8, 4) is 23.0 Å². The number of aryl methyl sites for hydroxylation is 2. The number of rotatable bonds is 2. The summed E-state index contributed by atoms with van der Waals surface area (Å²) in [6.45, 7) is 1.99. The van der Waals surface area contributed by atoms with Gasteiger partial charge in [-0.2, -0.15) is 5.10 Å². The lowest BCUT2D eigenvalue weighted by molar-refractivity contribution is 0.546. The number of benzene rings is 2. The van der Waals surface area contributed by atoms with E-state index in [0.29, 0.717) is 40.0 Å². The van der Waals surface area contributed by atoms with Crippen molar-refractivity contribution >= 4 is 11.0 Å². The first-order valence-corrected chi connectivity index (χ1v) is 8.83. The Hall–Kier alpha value is -3.58. The molecule has 0 spiro atoms. The van der Waals surface area contributed by atoms with Crippen molar-refractivity contribution in [1.29, 1.82) is 0 Å². The number of aromatic nitrogens is 2. The molecule has 4 heteroatoms. The second-order valence-corrected chi connectivity index (χ2v) is 6.25. The van der Waals surface area contributed by atoms with Crippen LogP contribution in [0, 0.1) is 11.8 Å². The van der Waals surface area contributed by atoms with Crippen molar-refractivity contribution < 1.29 is 4.42 Å². The van der Waals surface area contributed by atoms with E-state index >= 15 is 0 Å². The Bertz CT molecular complexity index is 1240. The van der Waals surface area contributed by atoms with Crippen LogP contribution in [0.5, 0.6) is 0 Å². The third-order valence-electron chi connectivity index (χ3n) is 4.41. The van der Waals surface area contributed by atoms with Gasteiger partial charge >= 0.3 is 0 Å². The lowest BCUT2D eigenvalue weighted by atomic mass is 9.99. The molecular weight excluding hydrogens is 336 g/mol. The Morgan fingerprint density at radius 2 is 1.85 bits per heavy atom. The molecule has 0 aliphatic rings. The molecule has 0 fully saturated rings. The van der Waals surface area contributed by atoms with E-state index in [1.54, 1.807) is 4.68 Å². The first kappa shape index (κ1) is 16.9. The SMILES string of the molecule is CCc1oc2cccc(C#Cc3ccn(C)n3)c2c(=O)c1-c1ccccc1. The summed E-state index contributed by atoms with van der Waals surface area (Å²) in [4.78, 5) is 13.4. The highest BCUT2D eigenvalue weighted by Gasteiger charge is 2.16. The van der Waals surface area contributed by atoms with Crippen LogP contribution >= 0.6 is 0 Å². The second-order valence-electron chi connectivity index (χ2n) is 6.25. The zero-order valence-corrected chi connectivity index (χ0v) is 15.2. The van der Waals surface area contributed by atoms with Crippen LogP contribution in [0.2, 0.25) is 0 Å². The summed E-state index contributed by atoms with van der Waals surface area (Å²) in [5.74, 6) is 6.80. The summed E-state index contributed by atoms with van der Waals surface area (Å²) in [5, 5.41) is 4.77. The number of hydrogen-bond donors (Lipinski definition) is 0. The van der Waals surface area contributed by atoms with E-state index in [0.717, 1.165) is 5.56 Å². The Labute approximate surface area is 157 Å². The lowest BCUT2D eigenvalue weighted by Crippen LogP contribution is -2.10. The molecule has 0 radical (unpaired) electrons. The summed E-state index contributed by atoms with van der Waals surface area (Å²) in [6.07, 6.45) is 2.47. The molecule has 0 N–H and O–H groups in total. The minimum Gasteiger partial charge on any atom is -0.460 e. The molecule has 0 aliphatic heterocycles. The summed E-state index contributed by atoms with van der Waals surface area (Å²) >= 11 is 0. The zero-order valence-electron chi connectivity index (χ0n) is 15.2. The van der Waals surface area contributed by atoms with Gasteiger partial charge in [-0.15, -0.1) is 0 Å². The van der Waals surface area contributed by atoms with Crippen LogP contribution in [0.4, 0.5) is 0 Å². The topological polar surface area (TPSA) is 48.0 Å². The molecule has 0 saturated heterocycles. The standard InChI is InChI=1S/C23H18N2O2/c1-3-19-21(16-8-5-4-6-9-16)23(26)22-17(10-7-11-20(22)27-19)12-13-18-14-15-25(2)24-18/h4-11,14-15H,3H2,1-2H3. The highest BCUT2D eigenvalue weighted by Crippen LogP contribution is 2.26. The highest BCUT2D eigenvalue weighted by molar-refractivity contribution is 5.88. The molecule has 4 nitrogen and oxygen atoms in total. The van der Waals surface area contributed by atoms with Crippen LogP contribution in [-0.2, 0) is 13.5 Å². The molecule has 0 bridgehead atoms. The van der Waals surface area contributed by atoms with Crippen LogP contribution in [0.1, 0.15) is 23.9 Å². The summed E-state index contributed by atoms with van der Waals surface area (Å²) < 4.78 is 7.78. The van der Waals surface area contributed by atoms with Gasteiger partial charge in [-0.25, -0.2) is 0 Å². The number of nitrogens with zero attached hydrogens (tertiary/aromatic N) is 2. The fraction of sp³-hybridized carbons (Fsp3) is 0.130. The average Bonchev–Trinajstić information content (AvgIpc) is 3.11. The number of hydrogen-bond acceptors (Lipinski definition) is 3. The van der Waals surface area contributed by atoms with Crippen LogP contribution in [0.25, 0.3) is 22.1 Å². The Balaban J connectivity index is 1.98. The van der Waals surface area contributed by atoms with Crippen molar-refractivity contribution in [1.82, 2.24) is 9.78 Å². The van der Waals surface area contributed by atoms with Crippen LogP contribution in [0.3, 0.4) is 0 Å². The molecule has 2 aromatic carbocycles. The quantitative estimate of drug-likeness (QED) is 0.508. The van der Waals surface area contributed by atoms with E-state index in [1.807, 2.05) is 74.8 Å². The van der Waals surface area contributed by atoms with Gasteiger partial charge in [0.15, 0.2) is 0 Å². The molecule has 2 aromatic heterocycles. The summed E-state index contributed by atoms with van der Waals surface area (Å²) in [7, 11) is 1.84. The van der Waals surface area contributed by atoms with Gasteiger partial charge in [0.05, 0.1) is 10.9 Å². The van der Waals surface area contributed by atoms with Gasteiger partial charge in [0.2, 0.25) is 5.43 Å². The molecule has 27 heavy (non-hydrogen) atoms. The van der Waals surface area contributed by atoms with Gasteiger partial charge < -0.3 is 4.42 Å². The zero-order chi connectivity index (χ0) is 18.8. The van der Waals surface area contributed by atoms with Crippen molar-refractivity contribution in [2.45, 2.75) is 13.3 Å². The maximum Gasteiger partial charge on any atom is 0.202 e. The Kier molecular flexibility index (Phi) is 4.35. The second kappa shape index (κ2) is 6.97. The maximum absolute atomic E-state index is 13.4. The largest absolute Gasteiger partial charge is 0.460 e. The van der Waals surface area contributed by atoms with E-state index in [9.17, 15) is 4.79 Å². The normalized spacial score (nSPS) is 10.6. The fourth-order valence-corrected chi connectivity index (χ4v) is 3.15. The fourth-order valence-electron chi connectivity index (χ4n) is 3.15. The Morgan fingerprint density at radius 1 is 1.04 bits per heavy atom. The van der Waals surface area contributed by atoms with Crippen LogP contribution in [-0.4, -0.2) is 9.78 Å². The lowest BCUT2D eigenvalue weighted by Gasteiger charge is -2.09. The van der Waals surface area contributed by atoms with E-state index in [2.05, 4.69) is 16.9 Å². The molecule has 0 aliphatic carbocycles. The maximum atomic E-state index is 13.4. The van der Waals surface area contributed by atoms with Crippen molar-refractivity contribution in [2.75, 3.05) is 0 Å². The van der Waals surface area contributed by atoms with Gasteiger partial charge in [-0.3, -0.25) is 9.48 Å². The van der Waals surface area contributed by atoms with E-state index in [1.165, 1.54) is 0 Å². The van der Waals surface area contributed by atoms with Gasteiger partial charge in [0.25, 0.3) is 0 Å². The van der Waals surface area contributed by atoms with Gasteiger partial charge in [-0.1, -0.05) is 49.2 Å². The average molecular weight is 354 g/mol. The molecule has 4 aromatic rings. The first-order chi connectivity index (χ1) is 13.2. The molecule has 0 saturated carbocycles. The molecule has 0 amide bonds. The molecule has 4 rings (SSSR count). The van der Waals surface area contributed by atoms with Crippen LogP contribution < -0.4 is 5.43 Å². The van der Waals surface area contributed by atoms with E-state index < -0.39 is 0 Å². The molecule has 132 valence electrons. The summed E-state index contributed by atoms with van der Waals surface area (Å²) in [5.41, 5.74) is 3.28. The van der Waals surface area contributed by atoms with E-state index in [4.69, 9.17) is 4.42 Å². The van der Waals surface area contributed by atoms with Crippen molar-refractivity contribution in [2.24, 2.45) is 7.05 Å². The smallest absolute Gasteiger partial charge is 0.202 e. The van der Waals surface area contributed by atoms with Crippen LogP contribution in [0.15, 0.2) is 70.0 Å². The first-order valence-electron chi connectivity index (χ1n) is 8.83. The monoisotopic (exact) mass is 354 g/mol. The minimum absolute atomic E-state index is 0.0507. The molecule has 2 heterocycles. The van der Waals surface area contributed by atoms with Gasteiger partial charge in [0, 0.05) is 25.2 Å². The van der Waals surface area contributed by atoms with Crippen molar-refractivity contribution in [3.05, 3.63) is 88.0 Å². The third kappa shape index (κ3) is 3.16. The molecular formula is C23H18N2O2. The Morgan fingerprint density at radius 3 is 2.56 bits per heavy atom. The van der Waals surface area contributed by atoms with Gasteiger partial charge in [-0.05, 0) is 29.7 Å². The molecule has 0 unspecified atom stereocenters. The predicted octanol–water partition coefficient (Wildman–Crippen LogP) is 4.16. The minimum atomic E-state index is -0.0507. The van der Waals surface area contributed by atoms with Gasteiger partial charge in [0.1, 0.15) is 17.0 Å². The predicted molar refractivity (Wildman–Crippen MR) is 106 cm³/mol. The highest BCUT2D eigenvalue weighted by atomic mass is 16.3. The third-order valence-corrected chi connectivity index (χ3v) is 4.41. The summed E-state index contributed by atoms with van der Waals surface area (Å²) in [6, 6.07) is 17.0. The van der Waals surface area contributed by atoms with E-state index in [-0.39, 0.29) is 5.43 Å². The molecule has 0 atom stereocenters. The number of fused-ring (bicyclic) bond motifs is 1.